The normalized spacial score (nSPS) is 9.47. The summed E-state index contributed by atoms with van der Waals surface area (Å²) in [4.78, 5) is 0. The molecule has 2 rings (SSSR count). The average molecular weight is 317 g/mol. The standard InChI is InChI=1S/C14H6BrFN2O/c15-11-2-1-3-13(10(11)8-18)19-14-5-4-9(7-17)6-12(14)16/h1-6H. The number of hydrogen-bond donors (Lipinski definition) is 0. The Kier molecular flexibility index (Phi) is 3.79. The molecular weight excluding hydrogens is 311 g/mol. The lowest BCUT2D eigenvalue weighted by molar-refractivity contribution is 0.441. The molecule has 0 saturated heterocycles. The quantitative estimate of drug-likeness (QED) is 0.837. The Balaban J connectivity index is 2.41. The molecule has 0 heterocycles. The van der Waals surface area contributed by atoms with Crippen LogP contribution in [0.25, 0.3) is 0 Å². The maximum Gasteiger partial charge on any atom is 0.167 e. The van der Waals surface area contributed by atoms with Crippen LogP contribution in [-0.4, -0.2) is 0 Å². The van der Waals surface area contributed by atoms with Crippen molar-refractivity contribution in [3.8, 4) is 23.6 Å². The zero-order valence-corrected chi connectivity index (χ0v) is 11.1. The second-order valence-electron chi connectivity index (χ2n) is 3.58. The molecule has 0 bridgehead atoms. The van der Waals surface area contributed by atoms with E-state index in [2.05, 4.69) is 15.9 Å². The van der Waals surface area contributed by atoms with E-state index in [1.165, 1.54) is 12.1 Å². The van der Waals surface area contributed by atoms with Crippen LogP contribution in [0.5, 0.6) is 11.5 Å². The van der Waals surface area contributed by atoms with Crippen LogP contribution in [-0.2, 0) is 0 Å². The first-order valence-electron chi connectivity index (χ1n) is 5.22. The van der Waals surface area contributed by atoms with Gasteiger partial charge >= 0.3 is 0 Å². The highest BCUT2D eigenvalue weighted by Gasteiger charge is 2.11. The van der Waals surface area contributed by atoms with E-state index in [0.717, 1.165) is 6.07 Å². The molecule has 0 aliphatic rings. The summed E-state index contributed by atoms with van der Waals surface area (Å²) < 4.78 is 19.6. The van der Waals surface area contributed by atoms with Crippen molar-refractivity contribution in [2.75, 3.05) is 0 Å². The van der Waals surface area contributed by atoms with Crippen molar-refractivity contribution in [2.45, 2.75) is 0 Å². The van der Waals surface area contributed by atoms with Gasteiger partial charge in [0.25, 0.3) is 0 Å². The predicted octanol–water partition coefficient (Wildman–Crippen LogP) is 4.12. The third kappa shape index (κ3) is 2.73. The smallest absolute Gasteiger partial charge is 0.167 e. The number of nitriles is 2. The fraction of sp³-hybridized carbons (Fsp3) is 0. The molecule has 0 amide bonds. The van der Waals surface area contributed by atoms with Crippen LogP contribution in [0.1, 0.15) is 11.1 Å². The first kappa shape index (κ1) is 13.1. The number of halogens is 2. The van der Waals surface area contributed by atoms with Crippen molar-refractivity contribution in [3.05, 3.63) is 57.8 Å². The average Bonchev–Trinajstić information content (AvgIpc) is 2.41. The lowest BCUT2D eigenvalue weighted by atomic mass is 10.2. The molecule has 0 atom stereocenters. The van der Waals surface area contributed by atoms with E-state index in [0.29, 0.717) is 4.47 Å². The Morgan fingerprint density at radius 3 is 2.47 bits per heavy atom. The Morgan fingerprint density at radius 1 is 1.05 bits per heavy atom. The monoisotopic (exact) mass is 316 g/mol. The van der Waals surface area contributed by atoms with Gasteiger partial charge in [-0.1, -0.05) is 6.07 Å². The Morgan fingerprint density at radius 2 is 1.84 bits per heavy atom. The van der Waals surface area contributed by atoms with Crippen LogP contribution < -0.4 is 4.74 Å². The van der Waals surface area contributed by atoms with Crippen LogP contribution in [0.3, 0.4) is 0 Å². The minimum absolute atomic E-state index is 0.0337. The van der Waals surface area contributed by atoms with Gasteiger partial charge in [0.2, 0.25) is 0 Å². The van der Waals surface area contributed by atoms with Crippen molar-refractivity contribution >= 4 is 15.9 Å². The lowest BCUT2D eigenvalue weighted by Gasteiger charge is -2.09. The summed E-state index contributed by atoms with van der Waals surface area (Å²) in [5, 5.41) is 17.7. The molecule has 0 N–H and O–H groups in total. The molecule has 2 aromatic carbocycles. The predicted molar refractivity (Wildman–Crippen MR) is 70.0 cm³/mol. The molecule has 2 aromatic rings. The summed E-state index contributed by atoms with van der Waals surface area (Å²) in [5.41, 5.74) is 0.492. The number of ether oxygens (including phenoxy) is 1. The number of benzene rings is 2. The molecule has 92 valence electrons. The van der Waals surface area contributed by atoms with E-state index < -0.39 is 5.82 Å². The Bertz CT molecular complexity index is 716. The van der Waals surface area contributed by atoms with Crippen molar-refractivity contribution in [1.82, 2.24) is 0 Å². The first-order valence-corrected chi connectivity index (χ1v) is 6.01. The topological polar surface area (TPSA) is 56.8 Å². The van der Waals surface area contributed by atoms with E-state index >= 15 is 0 Å². The van der Waals surface area contributed by atoms with E-state index in [1.54, 1.807) is 18.2 Å². The van der Waals surface area contributed by atoms with Crippen molar-refractivity contribution < 1.29 is 9.13 Å². The number of hydrogen-bond acceptors (Lipinski definition) is 3. The van der Waals surface area contributed by atoms with Gasteiger partial charge in [-0.3, -0.25) is 0 Å². The third-order valence-electron chi connectivity index (χ3n) is 2.37. The van der Waals surface area contributed by atoms with E-state index in [-0.39, 0.29) is 22.6 Å². The molecule has 0 aromatic heterocycles. The molecule has 19 heavy (non-hydrogen) atoms. The fourth-order valence-electron chi connectivity index (χ4n) is 1.47. The van der Waals surface area contributed by atoms with Crippen molar-refractivity contribution in [3.63, 3.8) is 0 Å². The summed E-state index contributed by atoms with van der Waals surface area (Å²) >= 11 is 3.22. The summed E-state index contributed by atoms with van der Waals surface area (Å²) in [7, 11) is 0. The maximum absolute atomic E-state index is 13.7. The molecule has 3 nitrogen and oxygen atoms in total. The molecular formula is C14H6BrFN2O. The van der Waals surface area contributed by atoms with Crippen LogP contribution in [0.15, 0.2) is 40.9 Å². The van der Waals surface area contributed by atoms with Gasteiger partial charge in [0.1, 0.15) is 17.4 Å². The zero-order valence-electron chi connectivity index (χ0n) is 9.52. The Hall–Kier alpha value is -2.37. The van der Waals surface area contributed by atoms with Gasteiger partial charge < -0.3 is 4.74 Å². The molecule has 0 spiro atoms. The van der Waals surface area contributed by atoms with Crippen LogP contribution in [0.4, 0.5) is 4.39 Å². The van der Waals surface area contributed by atoms with Gasteiger partial charge in [0, 0.05) is 4.47 Å². The summed E-state index contributed by atoms with van der Waals surface area (Å²) in [6.45, 7) is 0. The maximum atomic E-state index is 13.7. The summed E-state index contributed by atoms with van der Waals surface area (Å²) in [6, 6.07) is 12.6. The van der Waals surface area contributed by atoms with E-state index in [1.807, 2.05) is 12.1 Å². The highest BCUT2D eigenvalue weighted by molar-refractivity contribution is 9.10. The van der Waals surface area contributed by atoms with Gasteiger partial charge in [-0.25, -0.2) is 4.39 Å². The van der Waals surface area contributed by atoms with Gasteiger partial charge in [-0.2, -0.15) is 10.5 Å². The lowest BCUT2D eigenvalue weighted by Crippen LogP contribution is -1.92. The highest BCUT2D eigenvalue weighted by Crippen LogP contribution is 2.31. The number of rotatable bonds is 2. The minimum Gasteiger partial charge on any atom is -0.453 e. The van der Waals surface area contributed by atoms with Gasteiger partial charge in [-0.05, 0) is 46.3 Å². The molecule has 0 aliphatic carbocycles. The van der Waals surface area contributed by atoms with Crippen molar-refractivity contribution in [1.29, 1.82) is 10.5 Å². The SMILES string of the molecule is N#Cc1ccc(Oc2cccc(Br)c2C#N)c(F)c1. The second kappa shape index (κ2) is 5.51. The zero-order chi connectivity index (χ0) is 13.8. The summed E-state index contributed by atoms with van der Waals surface area (Å²) in [6.07, 6.45) is 0. The van der Waals surface area contributed by atoms with Crippen LogP contribution >= 0.6 is 15.9 Å². The van der Waals surface area contributed by atoms with Crippen LogP contribution in [0.2, 0.25) is 0 Å². The van der Waals surface area contributed by atoms with Gasteiger partial charge in [0.15, 0.2) is 11.6 Å². The molecule has 0 fully saturated rings. The second-order valence-corrected chi connectivity index (χ2v) is 4.44. The first-order chi connectivity index (χ1) is 9.15. The molecule has 0 aliphatic heterocycles. The molecule has 0 unspecified atom stereocenters. The minimum atomic E-state index is -0.650. The fourth-order valence-corrected chi connectivity index (χ4v) is 1.91. The third-order valence-corrected chi connectivity index (χ3v) is 3.03. The van der Waals surface area contributed by atoms with Gasteiger partial charge in [0.05, 0.1) is 11.6 Å². The molecule has 0 saturated carbocycles. The van der Waals surface area contributed by atoms with E-state index in [9.17, 15) is 4.39 Å². The Labute approximate surface area is 117 Å². The largest absolute Gasteiger partial charge is 0.453 e. The molecule has 0 radical (unpaired) electrons. The molecule has 5 heteroatoms. The number of nitrogens with zero attached hydrogens (tertiary/aromatic N) is 2. The van der Waals surface area contributed by atoms with Crippen LogP contribution in [0, 0.1) is 28.5 Å². The summed E-state index contributed by atoms with van der Waals surface area (Å²) in [5.74, 6) is -0.433. The van der Waals surface area contributed by atoms with Gasteiger partial charge in [-0.15, -0.1) is 0 Å². The van der Waals surface area contributed by atoms with Crippen molar-refractivity contribution in [2.24, 2.45) is 0 Å². The highest BCUT2D eigenvalue weighted by atomic mass is 79.9. The van der Waals surface area contributed by atoms with E-state index in [4.69, 9.17) is 15.3 Å².